The van der Waals surface area contributed by atoms with Crippen LogP contribution in [-0.2, 0) is 22.4 Å². The van der Waals surface area contributed by atoms with Gasteiger partial charge in [0.25, 0.3) is 0 Å². The summed E-state index contributed by atoms with van der Waals surface area (Å²) in [6, 6.07) is 16.6. The summed E-state index contributed by atoms with van der Waals surface area (Å²) in [4.78, 5) is 17.3. The molecule has 0 amide bonds. The first kappa shape index (κ1) is 24.2. The van der Waals surface area contributed by atoms with Gasteiger partial charge in [-0.15, -0.1) is 0 Å². The molecule has 36 heavy (non-hydrogen) atoms. The molecular weight excluding hydrogens is 450 g/mol. The molecule has 1 atom stereocenters. The number of hydrogen-bond donors (Lipinski definition) is 1. The molecule has 1 aliphatic rings. The molecule has 0 unspecified atom stereocenters. The monoisotopic (exact) mass is 483 g/mol. The van der Waals surface area contributed by atoms with Gasteiger partial charge in [-0.2, -0.15) is 5.10 Å². The summed E-state index contributed by atoms with van der Waals surface area (Å²) < 4.78 is 7.86. The summed E-state index contributed by atoms with van der Waals surface area (Å²) in [6.07, 6.45) is 3.50. The molecule has 0 spiro atoms. The van der Waals surface area contributed by atoms with Crippen LogP contribution in [0, 0.1) is 13.8 Å². The van der Waals surface area contributed by atoms with Crippen LogP contribution in [0.4, 0.5) is 0 Å². The Labute approximate surface area is 212 Å². The molecule has 0 fully saturated rings. The van der Waals surface area contributed by atoms with Gasteiger partial charge in [0.2, 0.25) is 0 Å². The third-order valence-corrected chi connectivity index (χ3v) is 6.76. The molecule has 2 aromatic carbocycles. The van der Waals surface area contributed by atoms with Crippen LogP contribution in [0.15, 0.2) is 48.5 Å². The first-order chi connectivity index (χ1) is 17.1. The first-order valence-corrected chi connectivity index (χ1v) is 12.6. The molecule has 6 heteroatoms. The zero-order valence-electron chi connectivity index (χ0n) is 21.6. The smallest absolute Gasteiger partial charge is 0.337 e. The fourth-order valence-corrected chi connectivity index (χ4v) is 5.06. The lowest BCUT2D eigenvalue weighted by atomic mass is 9.90. The highest BCUT2D eigenvalue weighted by molar-refractivity contribution is 5.81. The minimum Gasteiger partial charge on any atom is -0.479 e. The van der Waals surface area contributed by atoms with Gasteiger partial charge in [0.1, 0.15) is 0 Å². The average Bonchev–Trinajstić information content (AvgIpc) is 3.25. The molecule has 6 nitrogen and oxygen atoms in total. The highest BCUT2D eigenvalue weighted by Gasteiger charge is 2.33. The lowest BCUT2D eigenvalue weighted by Crippen LogP contribution is -2.29. The van der Waals surface area contributed by atoms with Crippen molar-refractivity contribution in [1.82, 2.24) is 14.6 Å². The summed E-state index contributed by atoms with van der Waals surface area (Å²) in [7, 11) is 0. The van der Waals surface area contributed by atoms with E-state index in [1.165, 1.54) is 24.0 Å². The van der Waals surface area contributed by atoms with Gasteiger partial charge in [-0.3, -0.25) is 0 Å². The van der Waals surface area contributed by atoms with Crippen LogP contribution in [0.3, 0.4) is 0 Å². The molecule has 2 heterocycles. The number of aromatic nitrogens is 3. The van der Waals surface area contributed by atoms with Crippen LogP contribution < -0.4 is 0 Å². The van der Waals surface area contributed by atoms with E-state index in [0.29, 0.717) is 22.6 Å². The van der Waals surface area contributed by atoms with Crippen molar-refractivity contribution in [1.29, 1.82) is 0 Å². The summed E-state index contributed by atoms with van der Waals surface area (Å²) in [5, 5.41) is 15.2. The fraction of sp³-hybridized carbons (Fsp3) is 0.367. The van der Waals surface area contributed by atoms with Crippen LogP contribution in [0.5, 0.6) is 0 Å². The molecule has 1 N–H and O–H groups in total. The number of aryl methyl sites for hydroxylation is 4. The summed E-state index contributed by atoms with van der Waals surface area (Å²) in [5.41, 5.74) is 8.54. The van der Waals surface area contributed by atoms with Crippen LogP contribution in [-0.4, -0.2) is 31.3 Å². The Balaban J connectivity index is 1.75. The highest BCUT2D eigenvalue weighted by Crippen LogP contribution is 2.36. The summed E-state index contributed by atoms with van der Waals surface area (Å²) in [6.45, 7) is 9.46. The number of aliphatic carboxylic acids is 1. The molecule has 0 saturated heterocycles. The summed E-state index contributed by atoms with van der Waals surface area (Å²) in [5.74, 6) is -1.05. The van der Waals surface area contributed by atoms with Gasteiger partial charge in [-0.1, -0.05) is 42.0 Å². The molecular formula is C30H33N3O3. The normalized spacial score (nSPS) is 14.6. The number of carbonyl (C=O) groups is 1. The molecule has 0 aliphatic heterocycles. The Bertz CT molecular complexity index is 1450. The molecule has 4 aromatic rings. The second kappa shape index (κ2) is 9.17. The average molecular weight is 484 g/mol. The number of fused-ring (bicyclic) bond motifs is 2. The predicted molar refractivity (Wildman–Crippen MR) is 141 cm³/mol. The van der Waals surface area contributed by atoms with E-state index >= 15 is 0 Å². The first-order valence-electron chi connectivity index (χ1n) is 12.6. The third kappa shape index (κ3) is 4.65. The molecule has 0 radical (unpaired) electrons. The van der Waals surface area contributed by atoms with Gasteiger partial charge >= 0.3 is 5.97 Å². The number of benzene rings is 2. The van der Waals surface area contributed by atoms with Crippen molar-refractivity contribution in [3.63, 3.8) is 0 Å². The Kier molecular flexibility index (Phi) is 6.17. The maximum Gasteiger partial charge on any atom is 0.337 e. The van der Waals surface area contributed by atoms with E-state index in [4.69, 9.17) is 14.8 Å². The van der Waals surface area contributed by atoms with Gasteiger partial charge in [0.15, 0.2) is 11.8 Å². The van der Waals surface area contributed by atoms with Crippen molar-refractivity contribution in [3.8, 4) is 22.5 Å². The predicted octanol–water partition coefficient (Wildman–Crippen LogP) is 6.50. The van der Waals surface area contributed by atoms with Crippen LogP contribution >= 0.6 is 0 Å². The SMILES string of the molecule is Cc1ccc(-c2c([C@H](OC(C)(C)C)C(=O)O)c(C)nc3cc(-c4ccc5c(c4)CCCC5)nn23)cc1. The molecule has 2 aromatic heterocycles. The molecule has 0 saturated carbocycles. The van der Waals surface area contributed by atoms with E-state index in [-0.39, 0.29) is 0 Å². The molecule has 0 bridgehead atoms. The van der Waals surface area contributed by atoms with E-state index in [1.54, 1.807) is 4.52 Å². The van der Waals surface area contributed by atoms with Gasteiger partial charge in [0.05, 0.1) is 17.0 Å². The van der Waals surface area contributed by atoms with Crippen molar-refractivity contribution in [2.24, 2.45) is 0 Å². The molecule has 5 rings (SSSR count). The van der Waals surface area contributed by atoms with E-state index < -0.39 is 17.7 Å². The van der Waals surface area contributed by atoms with Gasteiger partial charge in [0, 0.05) is 28.5 Å². The minimum atomic E-state index is -1.19. The summed E-state index contributed by atoms with van der Waals surface area (Å²) >= 11 is 0. The van der Waals surface area contributed by atoms with Crippen molar-refractivity contribution < 1.29 is 14.6 Å². The zero-order chi connectivity index (χ0) is 25.6. The van der Waals surface area contributed by atoms with Crippen LogP contribution in [0.25, 0.3) is 28.2 Å². The largest absolute Gasteiger partial charge is 0.479 e. The molecule has 186 valence electrons. The third-order valence-electron chi connectivity index (χ3n) is 6.76. The maximum absolute atomic E-state index is 12.5. The number of carboxylic acid groups (broad SMARTS) is 1. The van der Waals surface area contributed by atoms with Crippen molar-refractivity contribution >= 4 is 11.6 Å². The number of hydrogen-bond acceptors (Lipinski definition) is 4. The van der Waals surface area contributed by atoms with E-state index in [0.717, 1.165) is 35.2 Å². The number of carboxylic acids is 1. The number of rotatable bonds is 5. The second-order valence-electron chi connectivity index (χ2n) is 10.8. The number of nitrogens with zero attached hydrogens (tertiary/aromatic N) is 3. The number of ether oxygens (including phenoxy) is 1. The maximum atomic E-state index is 12.5. The van der Waals surface area contributed by atoms with Crippen molar-refractivity contribution in [2.45, 2.75) is 72.0 Å². The minimum absolute atomic E-state index is 0.522. The second-order valence-corrected chi connectivity index (χ2v) is 10.8. The van der Waals surface area contributed by atoms with E-state index in [1.807, 2.05) is 65.0 Å². The Morgan fingerprint density at radius 2 is 1.64 bits per heavy atom. The zero-order valence-corrected chi connectivity index (χ0v) is 21.6. The van der Waals surface area contributed by atoms with Gasteiger partial charge < -0.3 is 9.84 Å². The van der Waals surface area contributed by atoms with Crippen molar-refractivity contribution in [3.05, 3.63) is 76.5 Å². The van der Waals surface area contributed by atoms with Gasteiger partial charge in [-0.05, 0) is 77.5 Å². The Morgan fingerprint density at radius 1 is 0.972 bits per heavy atom. The lowest BCUT2D eigenvalue weighted by molar-refractivity contribution is -0.160. The molecule has 1 aliphatic carbocycles. The Hall–Kier alpha value is -3.51. The highest BCUT2D eigenvalue weighted by atomic mass is 16.5. The fourth-order valence-electron chi connectivity index (χ4n) is 5.06. The lowest BCUT2D eigenvalue weighted by Gasteiger charge is -2.27. The van der Waals surface area contributed by atoms with Crippen molar-refractivity contribution in [2.75, 3.05) is 0 Å². The standard InChI is InChI=1S/C30H33N3O3/c1-18-10-12-21(13-11-18)27-26(28(29(34)35)36-30(3,4)5)19(2)31-25-17-24(32-33(25)27)23-15-14-20-8-6-7-9-22(20)16-23/h10-17,28H,6-9H2,1-5H3,(H,34,35)/t28-/m0/s1. The van der Waals surface area contributed by atoms with E-state index in [9.17, 15) is 9.90 Å². The van der Waals surface area contributed by atoms with Crippen LogP contribution in [0.2, 0.25) is 0 Å². The topological polar surface area (TPSA) is 76.7 Å². The quantitative estimate of drug-likeness (QED) is 0.351. The van der Waals surface area contributed by atoms with Gasteiger partial charge in [-0.25, -0.2) is 14.3 Å². The Morgan fingerprint density at radius 3 is 2.31 bits per heavy atom. The van der Waals surface area contributed by atoms with E-state index in [2.05, 4.69) is 18.2 Å². The van der Waals surface area contributed by atoms with Crippen LogP contribution in [0.1, 0.15) is 67.7 Å².